The highest BCUT2D eigenvalue weighted by Gasteiger charge is 2.16. The van der Waals surface area contributed by atoms with Crippen molar-refractivity contribution in [2.45, 2.75) is 26.2 Å². The molecule has 1 amide bonds. The Bertz CT molecular complexity index is 900. The summed E-state index contributed by atoms with van der Waals surface area (Å²) < 4.78 is 5.45. The zero-order valence-corrected chi connectivity index (χ0v) is 17.3. The van der Waals surface area contributed by atoms with Crippen LogP contribution in [0.3, 0.4) is 0 Å². The average molecular weight is 398 g/mol. The number of rotatable bonds is 7. The van der Waals surface area contributed by atoms with E-state index in [4.69, 9.17) is 4.74 Å². The van der Waals surface area contributed by atoms with Crippen LogP contribution in [0.4, 0.5) is 11.4 Å². The van der Waals surface area contributed by atoms with Gasteiger partial charge in [-0.3, -0.25) is 14.9 Å². The minimum atomic E-state index is -0.454. The van der Waals surface area contributed by atoms with E-state index in [1.165, 1.54) is 17.8 Å². The molecule has 154 valence electrons. The Kier molecular flexibility index (Phi) is 6.93. The standard InChI is InChI=1S/C21H26N4O4/c1-21(2,3)16-7-9-17(10-8-16)29-14-20(26)23-22-13-15-6-11-18(24(4)5)19(12-15)25(27)28/h6-13H,14H2,1-5H3,(H,23,26)/b22-13+. The molecule has 0 saturated carbocycles. The highest BCUT2D eigenvalue weighted by molar-refractivity contribution is 5.85. The van der Waals surface area contributed by atoms with Crippen LogP contribution in [0.5, 0.6) is 5.75 Å². The van der Waals surface area contributed by atoms with E-state index in [1.807, 2.05) is 24.3 Å². The molecule has 0 atom stereocenters. The number of hydrogen-bond donors (Lipinski definition) is 1. The molecule has 0 aliphatic carbocycles. The van der Waals surface area contributed by atoms with Gasteiger partial charge in [0.25, 0.3) is 11.6 Å². The SMILES string of the molecule is CN(C)c1ccc(/C=N/NC(=O)COc2ccc(C(C)(C)C)cc2)cc1[N+](=O)[O-]. The first-order valence-corrected chi connectivity index (χ1v) is 9.09. The molecule has 1 N–H and O–H groups in total. The first-order chi connectivity index (χ1) is 13.6. The fourth-order valence-electron chi connectivity index (χ4n) is 2.56. The number of benzene rings is 2. The number of hydrogen-bond acceptors (Lipinski definition) is 6. The van der Waals surface area contributed by atoms with Crippen LogP contribution in [0.25, 0.3) is 0 Å². The van der Waals surface area contributed by atoms with Gasteiger partial charge in [-0.15, -0.1) is 0 Å². The molecule has 2 aromatic rings. The lowest BCUT2D eigenvalue weighted by Crippen LogP contribution is -2.24. The van der Waals surface area contributed by atoms with E-state index < -0.39 is 10.8 Å². The zero-order valence-electron chi connectivity index (χ0n) is 17.3. The Morgan fingerprint density at radius 3 is 2.41 bits per heavy atom. The van der Waals surface area contributed by atoms with E-state index in [0.717, 1.165) is 0 Å². The van der Waals surface area contributed by atoms with E-state index in [-0.39, 0.29) is 17.7 Å². The number of hydrazone groups is 1. The fourth-order valence-corrected chi connectivity index (χ4v) is 2.56. The van der Waals surface area contributed by atoms with Crippen LogP contribution in [0, 0.1) is 10.1 Å². The van der Waals surface area contributed by atoms with Gasteiger partial charge in [0.2, 0.25) is 0 Å². The normalized spacial score (nSPS) is 11.3. The molecule has 0 saturated heterocycles. The van der Waals surface area contributed by atoms with Crippen LogP contribution >= 0.6 is 0 Å². The summed E-state index contributed by atoms with van der Waals surface area (Å²) in [6.07, 6.45) is 1.35. The lowest BCUT2D eigenvalue weighted by Gasteiger charge is -2.19. The van der Waals surface area contributed by atoms with E-state index in [0.29, 0.717) is 17.0 Å². The molecule has 29 heavy (non-hydrogen) atoms. The van der Waals surface area contributed by atoms with Gasteiger partial charge < -0.3 is 9.64 Å². The van der Waals surface area contributed by atoms with Crippen molar-refractivity contribution in [2.24, 2.45) is 5.10 Å². The molecule has 2 aromatic carbocycles. The molecule has 0 spiro atoms. The molecule has 8 nitrogen and oxygen atoms in total. The van der Waals surface area contributed by atoms with Gasteiger partial charge in [0.05, 0.1) is 11.1 Å². The number of nitro benzene ring substituents is 1. The van der Waals surface area contributed by atoms with Gasteiger partial charge in [-0.2, -0.15) is 5.10 Å². The van der Waals surface area contributed by atoms with Crippen molar-refractivity contribution in [3.63, 3.8) is 0 Å². The average Bonchev–Trinajstić information content (AvgIpc) is 2.65. The largest absolute Gasteiger partial charge is 0.484 e. The van der Waals surface area contributed by atoms with E-state index >= 15 is 0 Å². The third-order valence-electron chi connectivity index (χ3n) is 4.17. The number of nitro groups is 1. The maximum absolute atomic E-state index is 11.9. The van der Waals surface area contributed by atoms with Gasteiger partial charge >= 0.3 is 0 Å². The van der Waals surface area contributed by atoms with Crippen LogP contribution in [-0.4, -0.2) is 37.7 Å². The molecule has 0 unspecified atom stereocenters. The topological polar surface area (TPSA) is 97.1 Å². The van der Waals surface area contributed by atoms with Crippen molar-refractivity contribution in [1.29, 1.82) is 0 Å². The summed E-state index contributed by atoms with van der Waals surface area (Å²) >= 11 is 0. The molecule has 0 aromatic heterocycles. The van der Waals surface area contributed by atoms with Gasteiger partial charge in [0.1, 0.15) is 11.4 Å². The number of carbonyl (C=O) groups is 1. The molecule has 0 radical (unpaired) electrons. The Morgan fingerprint density at radius 2 is 1.86 bits per heavy atom. The maximum Gasteiger partial charge on any atom is 0.293 e. The summed E-state index contributed by atoms with van der Waals surface area (Å²) in [4.78, 5) is 24.3. The molecular formula is C21H26N4O4. The quantitative estimate of drug-likeness (QED) is 0.437. The van der Waals surface area contributed by atoms with Crippen LogP contribution in [0.15, 0.2) is 47.6 Å². The van der Waals surface area contributed by atoms with Crippen molar-refractivity contribution in [3.8, 4) is 5.75 Å². The summed E-state index contributed by atoms with van der Waals surface area (Å²) in [5, 5.41) is 15.0. The second kappa shape index (κ2) is 9.18. The van der Waals surface area contributed by atoms with Gasteiger partial charge in [0.15, 0.2) is 6.61 Å². The van der Waals surface area contributed by atoms with Crippen molar-refractivity contribution in [2.75, 3.05) is 25.6 Å². The monoisotopic (exact) mass is 398 g/mol. The third kappa shape index (κ3) is 6.31. The zero-order chi connectivity index (χ0) is 21.6. The summed E-state index contributed by atoms with van der Waals surface area (Å²) in [7, 11) is 3.46. The molecule has 0 fully saturated rings. The minimum absolute atomic E-state index is 0.0349. The molecular weight excluding hydrogens is 372 g/mol. The van der Waals surface area contributed by atoms with Crippen molar-refractivity contribution < 1.29 is 14.5 Å². The first kappa shape index (κ1) is 21.9. The molecule has 0 aliphatic rings. The smallest absolute Gasteiger partial charge is 0.293 e. The third-order valence-corrected chi connectivity index (χ3v) is 4.17. The summed E-state index contributed by atoms with van der Waals surface area (Å²) in [6, 6.07) is 12.3. The van der Waals surface area contributed by atoms with Gasteiger partial charge in [-0.05, 0) is 29.2 Å². The fraction of sp³-hybridized carbons (Fsp3) is 0.333. The molecule has 0 aliphatic heterocycles. The Hall–Kier alpha value is -3.42. The molecule has 8 heteroatoms. The predicted octanol–water partition coefficient (Wildman–Crippen LogP) is 3.49. The Labute approximate surface area is 170 Å². The number of anilines is 1. The minimum Gasteiger partial charge on any atom is -0.484 e. The Balaban J connectivity index is 1.91. The maximum atomic E-state index is 11.9. The Morgan fingerprint density at radius 1 is 1.21 bits per heavy atom. The van der Waals surface area contributed by atoms with Crippen molar-refractivity contribution >= 4 is 23.5 Å². The summed E-state index contributed by atoms with van der Waals surface area (Å²) in [6.45, 7) is 6.18. The van der Waals surface area contributed by atoms with E-state index in [1.54, 1.807) is 31.1 Å². The van der Waals surface area contributed by atoms with Gasteiger partial charge in [-0.25, -0.2) is 5.43 Å². The van der Waals surface area contributed by atoms with Crippen molar-refractivity contribution in [3.05, 3.63) is 63.7 Å². The van der Waals surface area contributed by atoms with Gasteiger partial charge in [-0.1, -0.05) is 39.0 Å². The highest BCUT2D eigenvalue weighted by Crippen LogP contribution is 2.27. The van der Waals surface area contributed by atoms with Crippen LogP contribution in [0.2, 0.25) is 0 Å². The van der Waals surface area contributed by atoms with Crippen LogP contribution < -0.4 is 15.1 Å². The number of nitrogens with one attached hydrogen (secondary N) is 1. The van der Waals surface area contributed by atoms with Crippen molar-refractivity contribution in [1.82, 2.24) is 5.43 Å². The van der Waals surface area contributed by atoms with Gasteiger partial charge in [0, 0.05) is 25.7 Å². The molecule has 0 bridgehead atoms. The second-order valence-electron chi connectivity index (χ2n) is 7.76. The molecule has 0 heterocycles. The highest BCUT2D eigenvalue weighted by atomic mass is 16.6. The molecule has 2 rings (SSSR count). The lowest BCUT2D eigenvalue weighted by molar-refractivity contribution is -0.384. The summed E-state index contributed by atoms with van der Waals surface area (Å²) in [5.41, 5.74) is 4.52. The lowest BCUT2D eigenvalue weighted by atomic mass is 9.87. The summed E-state index contributed by atoms with van der Waals surface area (Å²) in [5.74, 6) is 0.160. The van der Waals surface area contributed by atoms with Crippen LogP contribution in [-0.2, 0) is 10.2 Å². The number of amides is 1. The number of nitrogens with zero attached hydrogens (tertiary/aromatic N) is 3. The second-order valence-corrected chi connectivity index (χ2v) is 7.76. The van der Waals surface area contributed by atoms with E-state index in [2.05, 4.69) is 31.3 Å². The predicted molar refractivity (Wildman–Crippen MR) is 114 cm³/mol. The van der Waals surface area contributed by atoms with Crippen LogP contribution in [0.1, 0.15) is 31.9 Å². The first-order valence-electron chi connectivity index (χ1n) is 9.09. The number of carbonyl (C=O) groups excluding carboxylic acids is 1. The number of ether oxygens (including phenoxy) is 1. The van der Waals surface area contributed by atoms with E-state index in [9.17, 15) is 14.9 Å².